The van der Waals surface area contributed by atoms with E-state index >= 15 is 0 Å². The average Bonchev–Trinajstić information content (AvgIpc) is 2.92. The van der Waals surface area contributed by atoms with Crippen LogP contribution < -0.4 is 5.32 Å². The first kappa shape index (κ1) is 28.8. The maximum absolute atomic E-state index is 14.6. The van der Waals surface area contributed by atoms with Gasteiger partial charge in [-0.05, 0) is 23.6 Å². The van der Waals surface area contributed by atoms with Gasteiger partial charge in [-0.3, -0.25) is 19.7 Å². The van der Waals surface area contributed by atoms with E-state index < -0.39 is 16.8 Å². The molecular weight excluding hydrogens is 505 g/mol. The predicted molar refractivity (Wildman–Crippen MR) is 148 cm³/mol. The standard InChI is InChI=1S/C29H32FN3O4S/c1-2-3-17-31-29(35)27(18-22-9-5-4-6-10-22)32(19-24-11-7-8-12-26(24)30)28(34)21-38-20-23-13-15-25(16-14-23)33(36)37/h4-16,27H,2-3,17-21H2,1H3,(H,31,35). The van der Waals surface area contributed by atoms with Crippen LogP contribution in [0.1, 0.15) is 36.5 Å². The first-order chi connectivity index (χ1) is 18.4. The fourth-order valence-corrected chi connectivity index (χ4v) is 4.79. The van der Waals surface area contributed by atoms with E-state index in [1.807, 2.05) is 37.3 Å². The van der Waals surface area contributed by atoms with E-state index in [1.165, 1.54) is 34.9 Å². The number of nitro groups is 1. The molecule has 9 heteroatoms. The summed E-state index contributed by atoms with van der Waals surface area (Å²) < 4.78 is 14.6. The third-order valence-corrected chi connectivity index (χ3v) is 7.03. The molecule has 2 amide bonds. The molecule has 0 bridgehead atoms. The molecule has 0 aliphatic heterocycles. The van der Waals surface area contributed by atoms with Gasteiger partial charge in [-0.1, -0.05) is 74.0 Å². The molecule has 0 spiro atoms. The number of benzene rings is 3. The van der Waals surface area contributed by atoms with Crippen molar-refractivity contribution in [1.82, 2.24) is 10.2 Å². The Bertz CT molecular complexity index is 1210. The van der Waals surface area contributed by atoms with Crippen molar-refractivity contribution in [3.8, 4) is 0 Å². The number of nitrogens with one attached hydrogen (secondary N) is 1. The van der Waals surface area contributed by atoms with E-state index in [9.17, 15) is 24.1 Å². The number of carbonyl (C=O) groups is 2. The smallest absolute Gasteiger partial charge is 0.269 e. The third-order valence-electron chi connectivity index (χ3n) is 6.04. The van der Waals surface area contributed by atoms with Crippen molar-refractivity contribution in [3.05, 3.63) is 111 Å². The van der Waals surface area contributed by atoms with Crippen LogP contribution in [0.25, 0.3) is 0 Å². The van der Waals surface area contributed by atoms with Crippen LogP contribution in [0.2, 0.25) is 0 Å². The minimum absolute atomic E-state index is 0.00345. The van der Waals surface area contributed by atoms with Crippen molar-refractivity contribution in [1.29, 1.82) is 0 Å². The molecule has 0 aliphatic carbocycles. The van der Waals surface area contributed by atoms with E-state index in [1.54, 1.807) is 30.3 Å². The molecule has 0 saturated carbocycles. The van der Waals surface area contributed by atoms with Crippen molar-refractivity contribution in [2.75, 3.05) is 12.3 Å². The summed E-state index contributed by atoms with van der Waals surface area (Å²) in [4.78, 5) is 38.8. The van der Waals surface area contributed by atoms with Gasteiger partial charge >= 0.3 is 0 Å². The molecule has 1 atom stereocenters. The Morgan fingerprint density at radius 2 is 1.68 bits per heavy atom. The van der Waals surface area contributed by atoms with Gasteiger partial charge in [0.2, 0.25) is 11.8 Å². The lowest BCUT2D eigenvalue weighted by atomic mass is 10.0. The Morgan fingerprint density at radius 3 is 2.34 bits per heavy atom. The van der Waals surface area contributed by atoms with Gasteiger partial charge in [0.1, 0.15) is 11.9 Å². The third kappa shape index (κ3) is 8.69. The fraction of sp³-hybridized carbons (Fsp3) is 0.310. The van der Waals surface area contributed by atoms with Crippen LogP contribution in [0.3, 0.4) is 0 Å². The number of halogens is 1. The zero-order valence-corrected chi connectivity index (χ0v) is 22.2. The van der Waals surface area contributed by atoms with E-state index in [-0.39, 0.29) is 29.8 Å². The van der Waals surface area contributed by atoms with E-state index in [0.717, 1.165) is 24.0 Å². The number of rotatable bonds is 14. The number of thioether (sulfide) groups is 1. The molecule has 0 fully saturated rings. The Balaban J connectivity index is 1.81. The molecule has 7 nitrogen and oxygen atoms in total. The van der Waals surface area contributed by atoms with Crippen molar-refractivity contribution in [3.63, 3.8) is 0 Å². The highest BCUT2D eigenvalue weighted by Gasteiger charge is 2.30. The number of hydrogen-bond acceptors (Lipinski definition) is 5. The maximum atomic E-state index is 14.6. The lowest BCUT2D eigenvalue weighted by Gasteiger charge is -2.31. The van der Waals surface area contributed by atoms with Crippen LogP contribution in [-0.4, -0.2) is 40.0 Å². The van der Waals surface area contributed by atoms with E-state index in [0.29, 0.717) is 24.3 Å². The topological polar surface area (TPSA) is 92.6 Å². The number of carbonyl (C=O) groups excluding carboxylic acids is 2. The Kier molecular flexibility index (Phi) is 11.3. The van der Waals surface area contributed by atoms with Crippen LogP contribution in [-0.2, 0) is 28.3 Å². The maximum Gasteiger partial charge on any atom is 0.269 e. The van der Waals surface area contributed by atoms with Gasteiger partial charge in [-0.2, -0.15) is 0 Å². The fourth-order valence-electron chi connectivity index (χ4n) is 3.92. The Labute approximate surface area is 226 Å². The van der Waals surface area contributed by atoms with Crippen LogP contribution in [0.5, 0.6) is 0 Å². The van der Waals surface area contributed by atoms with Gasteiger partial charge < -0.3 is 10.2 Å². The van der Waals surface area contributed by atoms with Crippen LogP contribution in [0.4, 0.5) is 10.1 Å². The molecule has 1 unspecified atom stereocenters. The lowest BCUT2D eigenvalue weighted by molar-refractivity contribution is -0.384. The summed E-state index contributed by atoms with van der Waals surface area (Å²) in [6.07, 6.45) is 2.03. The van der Waals surface area contributed by atoms with Crippen molar-refractivity contribution in [2.24, 2.45) is 0 Å². The summed E-state index contributed by atoms with van der Waals surface area (Å²) in [5, 5.41) is 13.8. The predicted octanol–water partition coefficient (Wildman–Crippen LogP) is 5.52. The first-order valence-corrected chi connectivity index (χ1v) is 13.7. The van der Waals surface area contributed by atoms with E-state index in [4.69, 9.17) is 0 Å². The number of non-ortho nitro benzene ring substituents is 1. The summed E-state index contributed by atoms with van der Waals surface area (Å²) >= 11 is 1.34. The first-order valence-electron chi connectivity index (χ1n) is 12.5. The minimum atomic E-state index is -0.818. The van der Waals surface area contributed by atoms with Crippen molar-refractivity contribution < 1.29 is 18.9 Å². The monoisotopic (exact) mass is 537 g/mol. The largest absolute Gasteiger partial charge is 0.354 e. The molecule has 3 aromatic rings. The normalized spacial score (nSPS) is 11.5. The lowest BCUT2D eigenvalue weighted by Crippen LogP contribution is -2.51. The van der Waals surface area contributed by atoms with Gasteiger partial charge in [0.15, 0.2) is 0 Å². The van der Waals surface area contributed by atoms with Gasteiger partial charge in [-0.15, -0.1) is 11.8 Å². The number of amides is 2. The number of hydrogen-bond donors (Lipinski definition) is 1. The highest BCUT2D eigenvalue weighted by Crippen LogP contribution is 2.21. The van der Waals surface area contributed by atoms with Crippen LogP contribution in [0, 0.1) is 15.9 Å². The number of nitro benzene ring substituents is 1. The van der Waals surface area contributed by atoms with Gasteiger partial charge in [-0.25, -0.2) is 4.39 Å². The molecular formula is C29H32FN3O4S. The second-order valence-corrected chi connectivity index (χ2v) is 9.87. The zero-order valence-electron chi connectivity index (χ0n) is 21.3. The Hall–Kier alpha value is -3.72. The summed E-state index contributed by atoms with van der Waals surface area (Å²) in [5.74, 6) is -0.463. The van der Waals surface area contributed by atoms with Crippen LogP contribution in [0.15, 0.2) is 78.9 Å². The van der Waals surface area contributed by atoms with Crippen LogP contribution >= 0.6 is 11.8 Å². The van der Waals surface area contributed by atoms with Gasteiger partial charge in [0.25, 0.3) is 5.69 Å². The molecule has 38 heavy (non-hydrogen) atoms. The highest BCUT2D eigenvalue weighted by molar-refractivity contribution is 7.99. The molecule has 200 valence electrons. The highest BCUT2D eigenvalue weighted by atomic mass is 32.2. The summed E-state index contributed by atoms with van der Waals surface area (Å²) in [6, 6.07) is 21.1. The van der Waals surface area contributed by atoms with E-state index in [2.05, 4.69) is 5.32 Å². The number of unbranched alkanes of at least 4 members (excludes halogenated alkanes) is 1. The summed E-state index contributed by atoms with van der Waals surface area (Å²) in [5.41, 5.74) is 2.07. The number of nitrogens with zero attached hydrogens (tertiary/aromatic N) is 2. The summed E-state index contributed by atoms with van der Waals surface area (Å²) in [7, 11) is 0. The molecule has 3 rings (SSSR count). The second kappa shape index (κ2) is 14.9. The molecule has 0 aromatic heterocycles. The SMILES string of the molecule is CCCCNC(=O)C(Cc1ccccc1)N(Cc1ccccc1F)C(=O)CSCc1ccc([N+](=O)[O-])cc1. The second-order valence-electron chi connectivity index (χ2n) is 8.88. The molecule has 0 heterocycles. The van der Waals surface area contributed by atoms with Gasteiger partial charge in [0, 0.05) is 43.0 Å². The van der Waals surface area contributed by atoms with Crippen molar-refractivity contribution >= 4 is 29.3 Å². The zero-order chi connectivity index (χ0) is 27.3. The average molecular weight is 538 g/mol. The molecule has 0 saturated heterocycles. The minimum Gasteiger partial charge on any atom is -0.354 e. The molecule has 0 aliphatic rings. The Morgan fingerprint density at radius 1 is 1.00 bits per heavy atom. The summed E-state index contributed by atoms with van der Waals surface area (Å²) in [6.45, 7) is 2.49. The van der Waals surface area contributed by atoms with Crippen molar-refractivity contribution in [2.45, 2.75) is 44.5 Å². The molecule has 3 aromatic carbocycles. The molecule has 1 N–H and O–H groups in total. The van der Waals surface area contributed by atoms with Gasteiger partial charge in [0.05, 0.1) is 10.7 Å². The molecule has 0 radical (unpaired) electrons. The quantitative estimate of drug-likeness (QED) is 0.166.